The first-order valence-electron chi connectivity index (χ1n) is 9.87. The second-order valence-electron chi connectivity index (χ2n) is 7.45. The van der Waals surface area contributed by atoms with E-state index in [1.165, 1.54) is 7.05 Å². The number of hydrogen-bond acceptors (Lipinski definition) is 4. The van der Waals surface area contributed by atoms with Gasteiger partial charge in [0.15, 0.2) is 0 Å². The van der Waals surface area contributed by atoms with E-state index >= 15 is 0 Å². The van der Waals surface area contributed by atoms with Gasteiger partial charge in [0.1, 0.15) is 5.75 Å². The number of benzene rings is 3. The smallest absolute Gasteiger partial charge is 0.259 e. The summed E-state index contributed by atoms with van der Waals surface area (Å²) in [5.74, 6) is 0.0804. The fourth-order valence-electron chi connectivity index (χ4n) is 3.10. The minimum Gasteiger partial charge on any atom is -0.490 e. The minimum absolute atomic E-state index is 0.0951. The van der Waals surface area contributed by atoms with Crippen LogP contribution in [0.3, 0.4) is 0 Å². The quantitative estimate of drug-likeness (QED) is 0.576. The van der Waals surface area contributed by atoms with Crippen LogP contribution < -0.4 is 14.4 Å². The monoisotopic (exact) mass is 438 g/mol. The summed E-state index contributed by atoms with van der Waals surface area (Å²) in [5, 5.41) is 2.88. The Balaban J connectivity index is 2.05. The van der Waals surface area contributed by atoms with Crippen LogP contribution in [0.2, 0.25) is 0 Å². The summed E-state index contributed by atoms with van der Waals surface area (Å²) in [5.41, 5.74) is 2.94. The van der Waals surface area contributed by atoms with E-state index in [1.807, 2.05) is 50.2 Å². The zero-order valence-electron chi connectivity index (χ0n) is 18.0. The van der Waals surface area contributed by atoms with Crippen molar-refractivity contribution in [3.63, 3.8) is 0 Å². The first-order chi connectivity index (χ1) is 14.7. The zero-order valence-corrected chi connectivity index (χ0v) is 18.8. The summed E-state index contributed by atoms with van der Waals surface area (Å²) in [4.78, 5) is 13.1. The second-order valence-corrected chi connectivity index (χ2v) is 9.46. The van der Waals surface area contributed by atoms with Crippen LogP contribution in [-0.4, -0.2) is 33.7 Å². The van der Waals surface area contributed by atoms with Crippen molar-refractivity contribution in [3.8, 4) is 16.9 Å². The van der Waals surface area contributed by atoms with Crippen molar-refractivity contribution in [1.82, 2.24) is 0 Å². The van der Waals surface area contributed by atoms with E-state index in [2.05, 4.69) is 5.32 Å². The molecule has 0 unspecified atom stereocenters. The number of carbonyl (C=O) groups excluding carboxylic acids is 1. The summed E-state index contributed by atoms with van der Waals surface area (Å²) >= 11 is 0. The van der Waals surface area contributed by atoms with Gasteiger partial charge < -0.3 is 10.1 Å². The predicted molar refractivity (Wildman–Crippen MR) is 125 cm³/mol. The molecule has 3 aromatic carbocycles. The third kappa shape index (κ3) is 5.44. The molecule has 0 aliphatic rings. The van der Waals surface area contributed by atoms with E-state index in [1.54, 1.807) is 36.4 Å². The lowest BCUT2D eigenvalue weighted by atomic mass is 10.0. The van der Waals surface area contributed by atoms with Gasteiger partial charge in [-0.2, -0.15) is 0 Å². The van der Waals surface area contributed by atoms with Crippen molar-refractivity contribution in [2.75, 3.05) is 22.9 Å². The van der Waals surface area contributed by atoms with Crippen LogP contribution in [0.25, 0.3) is 11.1 Å². The summed E-state index contributed by atoms with van der Waals surface area (Å²) in [6, 6.07) is 21.9. The molecule has 0 aromatic heterocycles. The molecule has 1 N–H and O–H groups in total. The number of hydrogen-bond donors (Lipinski definition) is 1. The number of rotatable bonds is 7. The Bertz CT molecular complexity index is 1180. The number of nitrogens with one attached hydrogen (secondary N) is 1. The average Bonchev–Trinajstić information content (AvgIpc) is 2.73. The Hall–Kier alpha value is -3.32. The van der Waals surface area contributed by atoms with Crippen molar-refractivity contribution in [2.24, 2.45) is 0 Å². The van der Waals surface area contributed by atoms with E-state index in [0.29, 0.717) is 22.7 Å². The van der Waals surface area contributed by atoms with Crippen LogP contribution in [0.15, 0.2) is 72.8 Å². The van der Waals surface area contributed by atoms with Crippen molar-refractivity contribution in [1.29, 1.82) is 0 Å². The number of nitrogens with zero attached hydrogens (tertiary/aromatic N) is 1. The van der Waals surface area contributed by atoms with Gasteiger partial charge in [0.2, 0.25) is 10.0 Å². The fourth-order valence-corrected chi connectivity index (χ4v) is 3.62. The van der Waals surface area contributed by atoms with Crippen LogP contribution in [0, 0.1) is 0 Å². The summed E-state index contributed by atoms with van der Waals surface area (Å²) in [7, 11) is -2.07. The lowest BCUT2D eigenvalue weighted by molar-refractivity contribution is 0.102. The molecule has 0 fully saturated rings. The number of para-hydroxylation sites is 1. The maximum atomic E-state index is 13.1. The topological polar surface area (TPSA) is 75.7 Å². The largest absolute Gasteiger partial charge is 0.490 e. The lowest BCUT2D eigenvalue weighted by Crippen LogP contribution is -2.26. The number of carbonyl (C=O) groups is 1. The molecule has 3 aromatic rings. The highest BCUT2D eigenvalue weighted by Gasteiger charge is 2.20. The molecule has 0 saturated heterocycles. The van der Waals surface area contributed by atoms with Gasteiger partial charge >= 0.3 is 0 Å². The Morgan fingerprint density at radius 3 is 2.23 bits per heavy atom. The molecular formula is C24H26N2O4S. The van der Waals surface area contributed by atoms with Gasteiger partial charge in [-0.15, -0.1) is 0 Å². The highest BCUT2D eigenvalue weighted by molar-refractivity contribution is 7.92. The summed E-state index contributed by atoms with van der Waals surface area (Å²) < 4.78 is 31.2. The maximum Gasteiger partial charge on any atom is 0.259 e. The van der Waals surface area contributed by atoms with Gasteiger partial charge in [0.05, 0.1) is 29.3 Å². The number of anilines is 2. The SMILES string of the molecule is CC(C)Oc1ccccc1C(=O)Nc1cc(-c2ccccc2)ccc1N(C)S(C)(=O)=O. The van der Waals surface area contributed by atoms with E-state index in [-0.39, 0.29) is 12.0 Å². The molecule has 31 heavy (non-hydrogen) atoms. The summed E-state index contributed by atoms with van der Waals surface area (Å²) in [6.45, 7) is 3.77. The molecule has 0 aliphatic carbocycles. The van der Waals surface area contributed by atoms with Gasteiger partial charge in [0, 0.05) is 7.05 Å². The molecule has 1 amide bonds. The molecule has 0 heterocycles. The molecule has 0 aliphatic heterocycles. The van der Waals surface area contributed by atoms with Crippen LogP contribution in [0.5, 0.6) is 5.75 Å². The normalized spacial score (nSPS) is 11.3. The Morgan fingerprint density at radius 1 is 0.935 bits per heavy atom. The van der Waals surface area contributed by atoms with Crippen LogP contribution in [-0.2, 0) is 10.0 Å². The van der Waals surface area contributed by atoms with Crippen molar-refractivity contribution in [2.45, 2.75) is 20.0 Å². The molecule has 0 atom stereocenters. The maximum absolute atomic E-state index is 13.1. The van der Waals surface area contributed by atoms with Gasteiger partial charge in [0.25, 0.3) is 5.91 Å². The van der Waals surface area contributed by atoms with E-state index in [0.717, 1.165) is 21.7 Å². The Morgan fingerprint density at radius 2 is 1.58 bits per heavy atom. The number of ether oxygens (including phenoxy) is 1. The molecule has 0 spiro atoms. The first-order valence-corrected chi connectivity index (χ1v) is 11.7. The van der Waals surface area contributed by atoms with Gasteiger partial charge in [-0.3, -0.25) is 9.10 Å². The first kappa shape index (κ1) is 22.4. The zero-order chi connectivity index (χ0) is 22.6. The van der Waals surface area contributed by atoms with Crippen molar-refractivity contribution < 1.29 is 17.9 Å². The average molecular weight is 439 g/mol. The van der Waals surface area contributed by atoms with Gasteiger partial charge in [-0.05, 0) is 49.2 Å². The van der Waals surface area contributed by atoms with Crippen LogP contribution in [0.4, 0.5) is 11.4 Å². The number of sulfonamides is 1. The van der Waals surface area contributed by atoms with Crippen molar-refractivity contribution >= 4 is 27.3 Å². The molecule has 0 bridgehead atoms. The van der Waals surface area contributed by atoms with Crippen molar-refractivity contribution in [3.05, 3.63) is 78.4 Å². The standard InChI is InChI=1S/C24H26N2O4S/c1-17(2)30-23-13-9-8-12-20(23)24(27)25-21-16-19(18-10-6-5-7-11-18)14-15-22(21)26(3)31(4,28)29/h5-17H,1-4H3,(H,25,27). The van der Waals surface area contributed by atoms with Gasteiger partial charge in [-0.1, -0.05) is 48.5 Å². The third-order valence-electron chi connectivity index (χ3n) is 4.68. The van der Waals surface area contributed by atoms with Crippen LogP contribution in [0.1, 0.15) is 24.2 Å². The molecule has 0 radical (unpaired) electrons. The Labute approximate surface area is 183 Å². The molecule has 6 nitrogen and oxygen atoms in total. The summed E-state index contributed by atoms with van der Waals surface area (Å²) in [6.07, 6.45) is 1.03. The van der Waals surface area contributed by atoms with Crippen LogP contribution >= 0.6 is 0 Å². The Kier molecular flexibility index (Phi) is 6.65. The molecule has 7 heteroatoms. The van der Waals surface area contributed by atoms with E-state index < -0.39 is 10.0 Å². The molecule has 3 rings (SSSR count). The van der Waals surface area contributed by atoms with E-state index in [9.17, 15) is 13.2 Å². The third-order valence-corrected chi connectivity index (χ3v) is 5.87. The lowest BCUT2D eigenvalue weighted by Gasteiger charge is -2.22. The second kappa shape index (κ2) is 9.22. The fraction of sp³-hybridized carbons (Fsp3) is 0.208. The predicted octanol–water partition coefficient (Wildman–Crippen LogP) is 4.79. The number of amides is 1. The molecular weight excluding hydrogens is 412 g/mol. The van der Waals surface area contributed by atoms with E-state index in [4.69, 9.17) is 4.74 Å². The molecule has 162 valence electrons. The van der Waals surface area contributed by atoms with Gasteiger partial charge in [-0.25, -0.2) is 8.42 Å². The molecule has 0 saturated carbocycles. The minimum atomic E-state index is -3.52. The highest BCUT2D eigenvalue weighted by Crippen LogP contribution is 2.33. The highest BCUT2D eigenvalue weighted by atomic mass is 32.2.